The standard InChI is InChI=1S/C8H19O4P.Zn/c1-3-5-7-11-13(9,10)12-8-6-4-2;/h3-8H2,1-2H3,(H,9,10);. The van der Waals surface area contributed by atoms with Gasteiger partial charge in [-0.25, -0.2) is 4.57 Å². The van der Waals surface area contributed by atoms with Gasteiger partial charge in [-0.1, -0.05) is 26.7 Å². The van der Waals surface area contributed by atoms with Crippen LogP contribution in [0.15, 0.2) is 0 Å². The number of phosphoric ester groups is 1. The van der Waals surface area contributed by atoms with E-state index in [0.29, 0.717) is 0 Å². The third kappa shape index (κ3) is 10.8. The van der Waals surface area contributed by atoms with Gasteiger partial charge in [-0.15, -0.1) is 0 Å². The summed E-state index contributed by atoms with van der Waals surface area (Å²) in [5.41, 5.74) is 0. The van der Waals surface area contributed by atoms with Crippen LogP contribution in [-0.4, -0.2) is 18.1 Å². The zero-order chi connectivity index (χ0) is 10.2. The van der Waals surface area contributed by atoms with Crippen molar-refractivity contribution in [1.82, 2.24) is 0 Å². The molecular weight excluding hydrogens is 256 g/mol. The van der Waals surface area contributed by atoms with Crippen molar-refractivity contribution in [1.29, 1.82) is 0 Å². The first-order chi connectivity index (χ1) is 6.12. The van der Waals surface area contributed by atoms with Crippen LogP contribution in [0.3, 0.4) is 0 Å². The zero-order valence-electron chi connectivity index (χ0n) is 9.07. The van der Waals surface area contributed by atoms with E-state index in [-0.39, 0.29) is 32.7 Å². The van der Waals surface area contributed by atoms with Crippen molar-refractivity contribution in [2.75, 3.05) is 13.2 Å². The molecule has 0 saturated heterocycles. The molecule has 0 saturated carbocycles. The Hall–Kier alpha value is 0.733. The number of phosphoric acid groups is 1. The SMILES string of the molecule is CCCCOP(=O)(O)OCCCC.[Zn]. The van der Waals surface area contributed by atoms with E-state index in [2.05, 4.69) is 0 Å². The summed E-state index contributed by atoms with van der Waals surface area (Å²) in [4.78, 5) is 9.08. The van der Waals surface area contributed by atoms with E-state index in [9.17, 15) is 4.57 Å². The van der Waals surface area contributed by atoms with Gasteiger partial charge in [0.25, 0.3) is 0 Å². The van der Waals surface area contributed by atoms with Gasteiger partial charge >= 0.3 is 7.82 Å². The second kappa shape index (κ2) is 10.3. The maximum atomic E-state index is 11.1. The molecule has 0 rings (SSSR count). The molecule has 1 N–H and O–H groups in total. The molecule has 0 spiro atoms. The Morgan fingerprint density at radius 1 is 1.07 bits per heavy atom. The fourth-order valence-corrected chi connectivity index (χ4v) is 1.48. The maximum absolute atomic E-state index is 11.1. The van der Waals surface area contributed by atoms with E-state index in [4.69, 9.17) is 13.9 Å². The van der Waals surface area contributed by atoms with Crippen molar-refractivity contribution in [3.8, 4) is 0 Å². The van der Waals surface area contributed by atoms with Crippen molar-refractivity contribution < 1.29 is 38.0 Å². The number of hydrogen-bond acceptors (Lipinski definition) is 3. The molecule has 0 aromatic heterocycles. The minimum atomic E-state index is -3.75. The fraction of sp³-hybridized carbons (Fsp3) is 1.00. The number of rotatable bonds is 8. The zero-order valence-corrected chi connectivity index (χ0v) is 12.9. The van der Waals surface area contributed by atoms with Gasteiger partial charge in [-0.05, 0) is 12.8 Å². The molecule has 0 fully saturated rings. The molecule has 0 aliphatic carbocycles. The number of hydrogen-bond donors (Lipinski definition) is 1. The van der Waals surface area contributed by atoms with Crippen molar-refractivity contribution in [3.05, 3.63) is 0 Å². The minimum Gasteiger partial charge on any atom is -0.302 e. The Morgan fingerprint density at radius 2 is 1.43 bits per heavy atom. The summed E-state index contributed by atoms with van der Waals surface area (Å²) in [5, 5.41) is 0. The summed E-state index contributed by atoms with van der Waals surface area (Å²) in [6, 6.07) is 0. The fourth-order valence-electron chi connectivity index (χ4n) is 0.686. The van der Waals surface area contributed by atoms with Crippen molar-refractivity contribution in [2.45, 2.75) is 39.5 Å². The average Bonchev–Trinajstić information content (AvgIpc) is 2.05. The van der Waals surface area contributed by atoms with E-state index in [1.54, 1.807) is 0 Å². The summed E-state index contributed by atoms with van der Waals surface area (Å²) in [6.07, 6.45) is 3.44. The van der Waals surface area contributed by atoms with Gasteiger partial charge in [0, 0.05) is 19.5 Å². The first kappa shape index (κ1) is 17.1. The maximum Gasteiger partial charge on any atom is 0.472 e. The molecule has 0 atom stereocenters. The van der Waals surface area contributed by atoms with Gasteiger partial charge in [0.1, 0.15) is 0 Å². The van der Waals surface area contributed by atoms with Crippen LogP contribution in [0.5, 0.6) is 0 Å². The average molecular weight is 276 g/mol. The van der Waals surface area contributed by atoms with Crippen LogP contribution in [0.1, 0.15) is 39.5 Å². The van der Waals surface area contributed by atoms with E-state index in [1.165, 1.54) is 0 Å². The van der Waals surface area contributed by atoms with Crippen LogP contribution in [0.2, 0.25) is 0 Å². The van der Waals surface area contributed by atoms with Crippen molar-refractivity contribution in [2.24, 2.45) is 0 Å². The van der Waals surface area contributed by atoms with Crippen LogP contribution >= 0.6 is 7.82 Å². The van der Waals surface area contributed by atoms with E-state index in [1.807, 2.05) is 13.8 Å². The Morgan fingerprint density at radius 3 is 1.71 bits per heavy atom. The van der Waals surface area contributed by atoms with Gasteiger partial charge in [0.15, 0.2) is 0 Å². The van der Waals surface area contributed by atoms with Gasteiger partial charge < -0.3 is 4.89 Å². The Bertz CT molecular complexity index is 151. The van der Waals surface area contributed by atoms with E-state index in [0.717, 1.165) is 25.7 Å². The first-order valence-electron chi connectivity index (χ1n) is 4.74. The summed E-state index contributed by atoms with van der Waals surface area (Å²) < 4.78 is 20.5. The summed E-state index contributed by atoms with van der Waals surface area (Å²) >= 11 is 0. The molecule has 82 valence electrons. The first-order valence-corrected chi connectivity index (χ1v) is 6.23. The third-order valence-corrected chi connectivity index (χ3v) is 2.52. The van der Waals surface area contributed by atoms with Crippen LogP contribution in [-0.2, 0) is 33.1 Å². The van der Waals surface area contributed by atoms with Crippen molar-refractivity contribution in [3.63, 3.8) is 0 Å². The van der Waals surface area contributed by atoms with Crippen molar-refractivity contribution >= 4 is 7.82 Å². The van der Waals surface area contributed by atoms with E-state index < -0.39 is 7.82 Å². The van der Waals surface area contributed by atoms with Gasteiger partial charge in [-0.3, -0.25) is 9.05 Å². The molecule has 14 heavy (non-hydrogen) atoms. The smallest absolute Gasteiger partial charge is 0.302 e. The van der Waals surface area contributed by atoms with E-state index >= 15 is 0 Å². The second-order valence-corrected chi connectivity index (χ2v) is 4.30. The number of unbranched alkanes of at least 4 members (excludes halogenated alkanes) is 2. The molecule has 4 nitrogen and oxygen atoms in total. The monoisotopic (exact) mass is 274 g/mol. The Labute approximate surface area is 98.7 Å². The van der Waals surface area contributed by atoms with Crippen LogP contribution in [0.25, 0.3) is 0 Å². The molecule has 0 amide bonds. The minimum absolute atomic E-state index is 0. The van der Waals surface area contributed by atoms with Crippen LogP contribution in [0, 0.1) is 0 Å². The Kier molecular flexibility index (Phi) is 12.6. The summed E-state index contributed by atoms with van der Waals surface area (Å²) in [6.45, 7) is 4.56. The summed E-state index contributed by atoms with van der Waals surface area (Å²) in [5.74, 6) is 0. The molecule has 6 heteroatoms. The molecule has 0 aliphatic rings. The molecule has 0 heterocycles. The topological polar surface area (TPSA) is 55.8 Å². The molecule has 0 bridgehead atoms. The molecule has 0 unspecified atom stereocenters. The second-order valence-electron chi connectivity index (χ2n) is 2.84. The summed E-state index contributed by atoms with van der Waals surface area (Å²) in [7, 11) is -3.75. The molecule has 0 aromatic rings. The third-order valence-electron chi connectivity index (χ3n) is 1.50. The van der Waals surface area contributed by atoms with Gasteiger partial charge in [0.2, 0.25) is 0 Å². The van der Waals surface area contributed by atoms with Gasteiger partial charge in [-0.2, -0.15) is 0 Å². The van der Waals surface area contributed by atoms with Gasteiger partial charge in [0.05, 0.1) is 13.2 Å². The molecule has 0 aromatic carbocycles. The molecular formula is C8H19O4PZn. The van der Waals surface area contributed by atoms with Crippen LogP contribution in [0.4, 0.5) is 0 Å². The predicted octanol–water partition coefficient (Wildman–Crippen LogP) is 2.72. The molecule has 0 aliphatic heterocycles. The normalized spacial score (nSPS) is 11.1. The van der Waals surface area contributed by atoms with Crippen LogP contribution < -0.4 is 0 Å². The largest absolute Gasteiger partial charge is 0.472 e. The Balaban J connectivity index is 0. The quantitative estimate of drug-likeness (QED) is 0.420. The molecule has 0 radical (unpaired) electrons. The predicted molar refractivity (Wildman–Crippen MR) is 51.5 cm³/mol.